The molecule has 0 aliphatic carbocycles. The quantitative estimate of drug-likeness (QED) is 0.110. The molecule has 14 nitrogen and oxygen atoms in total. The summed E-state index contributed by atoms with van der Waals surface area (Å²) in [6.45, 7) is 3.05. The van der Waals surface area contributed by atoms with Gasteiger partial charge in [-0.15, -0.1) is 15.3 Å². The number of ether oxygens (including phenoxy) is 3. The molecule has 0 aliphatic heterocycles. The summed E-state index contributed by atoms with van der Waals surface area (Å²) in [5.74, 6) is 0.212. The Labute approximate surface area is 252 Å². The third-order valence-corrected chi connectivity index (χ3v) is 7.05. The van der Waals surface area contributed by atoms with Gasteiger partial charge in [-0.1, -0.05) is 0 Å². The van der Waals surface area contributed by atoms with Crippen LogP contribution >= 0.6 is 0 Å². The molecule has 0 heterocycles. The molecule has 0 aliphatic rings. The van der Waals surface area contributed by atoms with Gasteiger partial charge in [-0.25, -0.2) is 0 Å². The molecule has 0 radical (unpaired) electrons. The van der Waals surface area contributed by atoms with Crippen LogP contribution in [0.4, 0.5) is 28.4 Å². The SMILES string of the molecule is COc1cc(OCCO)ccc1N=Nc1cc(OC)c(N=Nc2c(S(=O)(=O)O)cc3cc(NC(C)=O)ccc3c2O)cc1C. The van der Waals surface area contributed by atoms with Gasteiger partial charge in [0, 0.05) is 30.1 Å². The first-order valence-corrected chi connectivity index (χ1v) is 14.4. The van der Waals surface area contributed by atoms with Gasteiger partial charge in [-0.05, 0) is 60.3 Å². The monoisotopic (exact) mass is 623 g/mol. The zero-order valence-electron chi connectivity index (χ0n) is 24.1. The number of carbonyl (C=O) groups excluding carboxylic acids is 1. The Morgan fingerprint density at radius 3 is 2.23 bits per heavy atom. The van der Waals surface area contributed by atoms with Crippen molar-refractivity contribution >= 4 is 55.2 Å². The van der Waals surface area contributed by atoms with Crippen LogP contribution in [0.25, 0.3) is 10.8 Å². The van der Waals surface area contributed by atoms with Crippen molar-refractivity contribution in [2.45, 2.75) is 18.7 Å². The van der Waals surface area contributed by atoms with E-state index >= 15 is 0 Å². The molecule has 230 valence electrons. The molecule has 4 rings (SSSR count). The number of fused-ring (bicyclic) bond motifs is 1. The average molecular weight is 624 g/mol. The van der Waals surface area contributed by atoms with E-state index in [1.807, 2.05) is 0 Å². The van der Waals surface area contributed by atoms with Gasteiger partial charge >= 0.3 is 0 Å². The van der Waals surface area contributed by atoms with Gasteiger partial charge in [0.1, 0.15) is 45.8 Å². The number of hydrogen-bond acceptors (Lipinski definition) is 12. The molecule has 0 fully saturated rings. The number of aryl methyl sites for hydroxylation is 1. The van der Waals surface area contributed by atoms with E-state index in [2.05, 4.69) is 25.8 Å². The number of nitrogens with one attached hydrogen (secondary N) is 1. The van der Waals surface area contributed by atoms with Gasteiger partial charge < -0.3 is 29.7 Å². The molecule has 0 atom stereocenters. The first-order chi connectivity index (χ1) is 20.9. The third kappa shape index (κ3) is 7.26. The highest BCUT2D eigenvalue weighted by Gasteiger charge is 2.22. The number of anilines is 1. The Bertz CT molecular complexity index is 1890. The number of methoxy groups -OCH3 is 2. The molecule has 4 N–H and O–H groups in total. The molecule has 0 saturated heterocycles. The Hall–Kier alpha value is -5.12. The molecular weight excluding hydrogens is 594 g/mol. The van der Waals surface area contributed by atoms with Gasteiger partial charge in [-0.3, -0.25) is 9.35 Å². The highest BCUT2D eigenvalue weighted by molar-refractivity contribution is 7.86. The van der Waals surface area contributed by atoms with E-state index in [-0.39, 0.29) is 41.3 Å². The first kappa shape index (κ1) is 31.8. The summed E-state index contributed by atoms with van der Waals surface area (Å²) in [5.41, 5.74) is 1.49. The molecule has 1 amide bonds. The number of aromatic hydroxyl groups is 1. The molecular formula is C29H29N5O9S. The second kappa shape index (κ2) is 13.5. The number of amides is 1. The molecule has 0 saturated carbocycles. The van der Waals surface area contributed by atoms with Crippen molar-refractivity contribution in [3.8, 4) is 23.0 Å². The van der Waals surface area contributed by atoms with Crippen LogP contribution in [0.5, 0.6) is 23.0 Å². The summed E-state index contributed by atoms with van der Waals surface area (Å²) >= 11 is 0. The second-order valence-corrected chi connectivity index (χ2v) is 10.7. The summed E-state index contributed by atoms with van der Waals surface area (Å²) in [5, 5.41) is 39.6. The number of aliphatic hydroxyl groups excluding tert-OH is 1. The summed E-state index contributed by atoms with van der Waals surface area (Å²) in [4.78, 5) is 10.7. The molecule has 0 bridgehead atoms. The van der Waals surface area contributed by atoms with Crippen molar-refractivity contribution in [2.75, 3.05) is 32.8 Å². The number of hydrogen-bond donors (Lipinski definition) is 4. The lowest BCUT2D eigenvalue weighted by Crippen LogP contribution is -2.05. The van der Waals surface area contributed by atoms with Gasteiger partial charge in [0.15, 0.2) is 5.75 Å². The van der Waals surface area contributed by atoms with Crippen LogP contribution in [0.3, 0.4) is 0 Å². The number of aliphatic hydroxyl groups is 1. The predicted molar refractivity (Wildman–Crippen MR) is 161 cm³/mol. The van der Waals surface area contributed by atoms with E-state index in [0.717, 1.165) is 6.07 Å². The highest BCUT2D eigenvalue weighted by Crippen LogP contribution is 2.43. The van der Waals surface area contributed by atoms with Gasteiger partial charge in [0.25, 0.3) is 10.1 Å². The molecule has 0 aromatic heterocycles. The van der Waals surface area contributed by atoms with Crippen molar-refractivity contribution in [3.63, 3.8) is 0 Å². The maximum absolute atomic E-state index is 12.2. The zero-order chi connectivity index (χ0) is 32.0. The fourth-order valence-corrected chi connectivity index (χ4v) is 4.80. The summed E-state index contributed by atoms with van der Waals surface area (Å²) in [6, 6.07) is 13.6. The molecule has 4 aromatic carbocycles. The first-order valence-electron chi connectivity index (χ1n) is 12.9. The van der Waals surface area contributed by atoms with Crippen LogP contribution < -0.4 is 19.5 Å². The molecule has 15 heteroatoms. The van der Waals surface area contributed by atoms with E-state index < -0.39 is 26.5 Å². The number of rotatable bonds is 11. The minimum absolute atomic E-state index is 0.130. The van der Waals surface area contributed by atoms with Gasteiger partial charge in [-0.2, -0.15) is 13.5 Å². The van der Waals surface area contributed by atoms with Crippen LogP contribution in [0.2, 0.25) is 0 Å². The average Bonchev–Trinajstić information content (AvgIpc) is 2.98. The van der Waals surface area contributed by atoms with Crippen LogP contribution in [-0.2, 0) is 14.9 Å². The van der Waals surface area contributed by atoms with E-state index in [4.69, 9.17) is 19.3 Å². The van der Waals surface area contributed by atoms with Crippen LogP contribution in [0.15, 0.2) is 79.9 Å². The minimum Gasteiger partial charge on any atom is -0.505 e. The Morgan fingerprint density at radius 1 is 0.886 bits per heavy atom. The molecule has 4 aromatic rings. The van der Waals surface area contributed by atoms with Crippen molar-refractivity contribution in [2.24, 2.45) is 20.5 Å². The van der Waals surface area contributed by atoms with Crippen LogP contribution in [-0.4, -0.2) is 56.5 Å². The lowest BCUT2D eigenvalue weighted by Gasteiger charge is -2.11. The normalized spacial score (nSPS) is 11.8. The Morgan fingerprint density at radius 2 is 1.57 bits per heavy atom. The Kier molecular flexibility index (Phi) is 9.73. The van der Waals surface area contributed by atoms with Crippen LogP contribution in [0.1, 0.15) is 12.5 Å². The number of phenolic OH excluding ortho intramolecular Hbond substituents is 1. The van der Waals surface area contributed by atoms with Crippen molar-refractivity contribution < 1.29 is 42.2 Å². The highest BCUT2D eigenvalue weighted by atomic mass is 32.2. The van der Waals surface area contributed by atoms with E-state index in [9.17, 15) is 22.9 Å². The lowest BCUT2D eigenvalue weighted by atomic mass is 10.1. The van der Waals surface area contributed by atoms with E-state index in [1.54, 1.807) is 37.3 Å². The largest absolute Gasteiger partial charge is 0.505 e. The minimum atomic E-state index is -4.85. The summed E-state index contributed by atoms with van der Waals surface area (Å²) in [6.07, 6.45) is 0. The van der Waals surface area contributed by atoms with Crippen molar-refractivity contribution in [3.05, 3.63) is 60.2 Å². The number of phenols is 1. The lowest BCUT2D eigenvalue weighted by molar-refractivity contribution is -0.114. The molecule has 0 unspecified atom stereocenters. The standard InChI is InChI=1S/C29H29N5O9S/c1-16-11-24(26(42-4)15-23(16)32-31-22-8-6-20(43-10-9-35)14-25(22)41-3)33-34-28-27(44(38,39)40)13-18-12-19(30-17(2)36)5-7-21(18)29(28)37/h5-8,11-15,35,37H,9-10H2,1-4H3,(H,30,36)(H,38,39,40). The van der Waals surface area contributed by atoms with Crippen molar-refractivity contribution in [1.82, 2.24) is 0 Å². The smallest absolute Gasteiger partial charge is 0.296 e. The van der Waals surface area contributed by atoms with Gasteiger partial charge in [0.05, 0.1) is 26.5 Å². The fraction of sp³-hybridized carbons (Fsp3) is 0.207. The summed E-state index contributed by atoms with van der Waals surface area (Å²) in [7, 11) is -1.99. The zero-order valence-corrected chi connectivity index (χ0v) is 24.9. The fourth-order valence-electron chi connectivity index (χ4n) is 4.14. The summed E-state index contributed by atoms with van der Waals surface area (Å²) < 4.78 is 50.6. The maximum Gasteiger partial charge on any atom is 0.296 e. The molecule has 44 heavy (non-hydrogen) atoms. The predicted octanol–water partition coefficient (Wildman–Crippen LogP) is 6.28. The number of benzene rings is 4. The van der Waals surface area contributed by atoms with Gasteiger partial charge in [0.2, 0.25) is 5.91 Å². The van der Waals surface area contributed by atoms with Crippen molar-refractivity contribution in [1.29, 1.82) is 0 Å². The topological polar surface area (TPSA) is 201 Å². The number of azo groups is 2. The Balaban J connectivity index is 1.71. The van der Waals surface area contributed by atoms with E-state index in [0.29, 0.717) is 34.1 Å². The third-order valence-electron chi connectivity index (χ3n) is 6.18. The number of carbonyl (C=O) groups is 1. The van der Waals surface area contributed by atoms with E-state index in [1.165, 1.54) is 39.3 Å². The molecule has 0 spiro atoms. The number of nitrogens with zero attached hydrogens (tertiary/aromatic N) is 4. The second-order valence-electron chi connectivity index (χ2n) is 9.28. The maximum atomic E-state index is 12.2. The van der Waals surface area contributed by atoms with Crippen LogP contribution in [0, 0.1) is 6.92 Å².